The smallest absolute Gasteiger partial charge is 0.280 e. The van der Waals surface area contributed by atoms with Gasteiger partial charge in [0.2, 0.25) is 5.82 Å². The topological polar surface area (TPSA) is 51.1 Å². The second-order valence-electron chi connectivity index (χ2n) is 7.72. The van der Waals surface area contributed by atoms with Gasteiger partial charge in [-0.25, -0.2) is 22.0 Å². The SMILES string of the molecule is COc1cc(Br)cc(/C=C2\C(=O)N(c3c(F)c(F)c(F)c(F)c3F)N=C2C)c1OCc1cccc(Cl)c1. The Morgan fingerprint density at radius 2 is 1.68 bits per heavy atom. The molecule has 3 aromatic rings. The maximum absolute atomic E-state index is 14.4. The van der Waals surface area contributed by atoms with Crippen molar-refractivity contribution in [3.05, 3.63) is 91.7 Å². The monoisotopic (exact) mass is 600 g/mol. The zero-order valence-electron chi connectivity index (χ0n) is 19.0. The lowest BCUT2D eigenvalue weighted by Gasteiger charge is -2.16. The van der Waals surface area contributed by atoms with Crippen molar-refractivity contribution in [3.63, 3.8) is 0 Å². The molecule has 1 aliphatic heterocycles. The molecule has 0 radical (unpaired) electrons. The molecule has 0 bridgehead atoms. The highest BCUT2D eigenvalue weighted by molar-refractivity contribution is 9.10. The van der Waals surface area contributed by atoms with E-state index in [1.165, 1.54) is 20.1 Å². The van der Waals surface area contributed by atoms with Gasteiger partial charge in [-0.05, 0) is 42.8 Å². The molecule has 1 aliphatic rings. The second-order valence-corrected chi connectivity index (χ2v) is 9.08. The number of benzene rings is 3. The van der Waals surface area contributed by atoms with Crippen molar-refractivity contribution < 1.29 is 36.2 Å². The fourth-order valence-corrected chi connectivity index (χ4v) is 4.22. The molecular weight excluding hydrogens is 587 g/mol. The number of hydrogen-bond acceptors (Lipinski definition) is 4. The molecular formula is C25H15BrClF5N2O3. The second kappa shape index (κ2) is 10.5. The van der Waals surface area contributed by atoms with Crippen LogP contribution in [0.4, 0.5) is 27.6 Å². The maximum Gasteiger partial charge on any atom is 0.280 e. The minimum atomic E-state index is -2.34. The van der Waals surface area contributed by atoms with Crippen molar-refractivity contribution in [1.29, 1.82) is 0 Å². The number of methoxy groups -OCH3 is 1. The standard InChI is InChI=1S/C25H15BrClF5N2O3/c1-11-16(25(35)34(33-11)23-21(31)19(29)18(28)20(30)22(23)32)8-13-7-14(26)9-17(36-2)24(13)37-10-12-4-3-5-15(27)6-12/h3-9H,10H2,1-2H3/b16-8-. The van der Waals surface area contributed by atoms with Crippen LogP contribution in [0.5, 0.6) is 11.5 Å². The molecule has 0 unspecified atom stereocenters. The van der Waals surface area contributed by atoms with Crippen LogP contribution >= 0.6 is 27.5 Å². The number of rotatable bonds is 6. The van der Waals surface area contributed by atoms with Gasteiger partial charge in [0.15, 0.2) is 34.8 Å². The first-order valence-corrected chi connectivity index (χ1v) is 11.6. The van der Waals surface area contributed by atoms with E-state index in [-0.39, 0.29) is 28.7 Å². The van der Waals surface area contributed by atoms with E-state index in [9.17, 15) is 26.7 Å². The Morgan fingerprint density at radius 1 is 1.03 bits per heavy atom. The Bertz CT molecular complexity index is 1470. The van der Waals surface area contributed by atoms with Gasteiger partial charge in [0, 0.05) is 15.1 Å². The van der Waals surface area contributed by atoms with Crippen LogP contribution in [-0.2, 0) is 11.4 Å². The quantitative estimate of drug-likeness (QED) is 0.130. The number of hydrogen-bond donors (Lipinski definition) is 0. The molecule has 0 spiro atoms. The summed E-state index contributed by atoms with van der Waals surface area (Å²) in [5, 5.41) is 4.39. The molecule has 0 aliphatic carbocycles. The van der Waals surface area contributed by atoms with Crippen LogP contribution < -0.4 is 14.5 Å². The van der Waals surface area contributed by atoms with Crippen molar-refractivity contribution in [1.82, 2.24) is 0 Å². The van der Waals surface area contributed by atoms with Crippen LogP contribution in [0.3, 0.4) is 0 Å². The molecule has 4 rings (SSSR count). The summed E-state index contributed by atoms with van der Waals surface area (Å²) in [7, 11) is 1.41. The first kappa shape index (κ1) is 26.6. The van der Waals surface area contributed by atoms with Crippen molar-refractivity contribution in [3.8, 4) is 11.5 Å². The summed E-state index contributed by atoms with van der Waals surface area (Å²) in [5.41, 5.74) is -0.632. The molecule has 0 N–H and O–H groups in total. The Hall–Kier alpha value is -3.44. The van der Waals surface area contributed by atoms with Crippen LogP contribution in [0.25, 0.3) is 6.08 Å². The van der Waals surface area contributed by atoms with Crippen LogP contribution in [0, 0.1) is 29.1 Å². The Labute approximate surface area is 220 Å². The molecule has 37 heavy (non-hydrogen) atoms. The highest BCUT2D eigenvalue weighted by atomic mass is 79.9. The lowest BCUT2D eigenvalue weighted by Crippen LogP contribution is -2.25. The third kappa shape index (κ3) is 5.05. The molecule has 0 aromatic heterocycles. The Morgan fingerprint density at radius 3 is 2.30 bits per heavy atom. The summed E-state index contributed by atoms with van der Waals surface area (Å²) in [6.07, 6.45) is 1.31. The van der Waals surface area contributed by atoms with Gasteiger partial charge in [-0.15, -0.1) is 0 Å². The average molecular weight is 602 g/mol. The van der Waals surface area contributed by atoms with E-state index in [2.05, 4.69) is 21.0 Å². The van der Waals surface area contributed by atoms with Gasteiger partial charge in [-0.3, -0.25) is 4.79 Å². The number of ether oxygens (including phenoxy) is 2. The summed E-state index contributed by atoms with van der Waals surface area (Å²) in [6.45, 7) is 1.42. The zero-order chi connectivity index (χ0) is 27.0. The highest BCUT2D eigenvalue weighted by Gasteiger charge is 2.37. The van der Waals surface area contributed by atoms with Crippen LogP contribution in [0.2, 0.25) is 5.02 Å². The van der Waals surface area contributed by atoms with Crippen molar-refractivity contribution in [2.45, 2.75) is 13.5 Å². The van der Waals surface area contributed by atoms with Crippen LogP contribution in [0.1, 0.15) is 18.1 Å². The molecule has 0 saturated carbocycles. The molecule has 0 atom stereocenters. The highest BCUT2D eigenvalue weighted by Crippen LogP contribution is 2.39. The molecule has 5 nitrogen and oxygen atoms in total. The molecule has 12 heteroatoms. The zero-order valence-corrected chi connectivity index (χ0v) is 21.4. The van der Waals surface area contributed by atoms with E-state index in [1.807, 2.05) is 0 Å². The van der Waals surface area contributed by atoms with Gasteiger partial charge in [0.1, 0.15) is 12.3 Å². The van der Waals surface area contributed by atoms with E-state index in [0.717, 1.165) is 5.56 Å². The summed E-state index contributed by atoms with van der Waals surface area (Å²) < 4.78 is 81.6. The van der Waals surface area contributed by atoms with Gasteiger partial charge >= 0.3 is 0 Å². The van der Waals surface area contributed by atoms with E-state index >= 15 is 0 Å². The summed E-state index contributed by atoms with van der Waals surface area (Å²) in [5.74, 6) is -11.7. The minimum Gasteiger partial charge on any atom is -0.493 e. The predicted molar refractivity (Wildman–Crippen MR) is 131 cm³/mol. The number of halogens is 7. The van der Waals surface area contributed by atoms with Crippen molar-refractivity contribution in [2.75, 3.05) is 12.1 Å². The molecule has 1 heterocycles. The van der Waals surface area contributed by atoms with E-state index < -0.39 is 40.7 Å². The predicted octanol–water partition coefficient (Wildman–Crippen LogP) is 7.19. The number of anilines is 1. The van der Waals surface area contributed by atoms with E-state index in [0.29, 0.717) is 20.8 Å². The first-order valence-electron chi connectivity index (χ1n) is 10.4. The number of carbonyl (C=O) groups excluding carboxylic acids is 1. The third-order valence-electron chi connectivity index (χ3n) is 5.30. The number of carbonyl (C=O) groups is 1. The lowest BCUT2D eigenvalue weighted by atomic mass is 10.1. The molecule has 1 amide bonds. The summed E-state index contributed by atoms with van der Waals surface area (Å²) in [4.78, 5) is 13.1. The van der Waals surface area contributed by atoms with Crippen LogP contribution in [0.15, 0.2) is 51.5 Å². The third-order valence-corrected chi connectivity index (χ3v) is 5.99. The lowest BCUT2D eigenvalue weighted by molar-refractivity contribution is -0.114. The molecule has 192 valence electrons. The fourth-order valence-electron chi connectivity index (χ4n) is 3.55. The number of amides is 1. The van der Waals surface area contributed by atoms with Crippen LogP contribution in [-0.4, -0.2) is 18.7 Å². The van der Waals surface area contributed by atoms with Gasteiger partial charge < -0.3 is 9.47 Å². The molecule has 3 aromatic carbocycles. The van der Waals surface area contributed by atoms with E-state index in [1.54, 1.807) is 36.4 Å². The summed E-state index contributed by atoms with van der Waals surface area (Å²) >= 11 is 9.36. The van der Waals surface area contributed by atoms with Crippen molar-refractivity contribution >= 4 is 50.9 Å². The van der Waals surface area contributed by atoms with Gasteiger partial charge in [-0.2, -0.15) is 10.1 Å². The average Bonchev–Trinajstić information content (AvgIpc) is 3.13. The van der Waals surface area contributed by atoms with Gasteiger partial charge in [0.05, 0.1) is 18.4 Å². The number of nitrogens with zero attached hydrogens (tertiary/aromatic N) is 2. The minimum absolute atomic E-state index is 0.0336. The number of hydrazone groups is 1. The first-order chi connectivity index (χ1) is 17.5. The van der Waals surface area contributed by atoms with Crippen molar-refractivity contribution in [2.24, 2.45) is 5.10 Å². The fraction of sp³-hybridized carbons (Fsp3) is 0.120. The van der Waals surface area contributed by atoms with Gasteiger partial charge in [0.25, 0.3) is 5.91 Å². The molecule has 0 saturated heterocycles. The maximum atomic E-state index is 14.4. The van der Waals surface area contributed by atoms with Gasteiger partial charge in [-0.1, -0.05) is 39.7 Å². The normalized spacial score (nSPS) is 14.4. The molecule has 0 fully saturated rings. The Kier molecular flexibility index (Phi) is 7.56. The summed E-state index contributed by atoms with van der Waals surface area (Å²) in [6, 6.07) is 10.1. The van der Waals surface area contributed by atoms with E-state index in [4.69, 9.17) is 21.1 Å². The largest absolute Gasteiger partial charge is 0.493 e. The Balaban J connectivity index is 1.76.